The molecule has 36 heteroatoms. The van der Waals surface area contributed by atoms with Crippen LogP contribution in [0.5, 0.6) is 46.0 Å². The summed E-state index contributed by atoms with van der Waals surface area (Å²) in [7, 11) is 16.4. The molecule has 4 aromatic rings. The van der Waals surface area contributed by atoms with E-state index in [9.17, 15) is 59.4 Å². The number of hydrogen-bond acceptors (Lipinski definition) is 28. The molecular weight excluding hydrogens is 1580 g/mol. The van der Waals surface area contributed by atoms with Crippen molar-refractivity contribution in [3.05, 3.63) is 95.1 Å². The van der Waals surface area contributed by atoms with E-state index in [-0.39, 0.29) is 107 Å². The third-order valence-electron chi connectivity index (χ3n) is 24.9. The first-order valence-corrected chi connectivity index (χ1v) is 44.0. The maximum atomic E-state index is 13.8. The van der Waals surface area contributed by atoms with Gasteiger partial charge in [-0.25, -0.2) is 0 Å². The van der Waals surface area contributed by atoms with Crippen molar-refractivity contribution >= 4 is 134 Å². The second-order valence-electron chi connectivity index (χ2n) is 31.8. The summed E-state index contributed by atoms with van der Waals surface area (Å²) in [6.45, 7) is 15.1. The third kappa shape index (κ3) is 9.73. The van der Waals surface area contributed by atoms with Crippen molar-refractivity contribution in [1.29, 1.82) is 21.0 Å². The zero-order chi connectivity index (χ0) is 77.8. The summed E-state index contributed by atoms with van der Waals surface area (Å²) >= 11 is 0. The molecular formula is C75H74N12O16S8. The molecule has 4 spiro atoms. The van der Waals surface area contributed by atoms with Crippen LogP contribution >= 0.6 is 86.4 Å². The molecule has 111 heavy (non-hydrogen) atoms. The van der Waals surface area contributed by atoms with E-state index in [1.54, 1.807) is 79.7 Å². The molecule has 17 fully saturated rings. The van der Waals surface area contributed by atoms with E-state index >= 15 is 0 Å². The summed E-state index contributed by atoms with van der Waals surface area (Å²) in [5.41, 5.74) is -0.440. The van der Waals surface area contributed by atoms with Crippen molar-refractivity contribution < 1.29 is 76.3 Å². The second-order valence-corrected chi connectivity index (χ2v) is 43.0. The summed E-state index contributed by atoms with van der Waals surface area (Å²) in [5, 5.41) is 40.3. The van der Waals surface area contributed by atoms with E-state index in [2.05, 4.69) is 24.3 Å². The highest BCUT2D eigenvalue weighted by Crippen LogP contribution is 2.75. The van der Waals surface area contributed by atoms with Crippen molar-refractivity contribution in [2.24, 2.45) is 21.7 Å². The number of fused-ring (bicyclic) bond motifs is 12. The van der Waals surface area contributed by atoms with E-state index in [0.29, 0.717) is 52.4 Å². The normalized spacial score (nSPS) is 38.8. The number of nitriles is 4. The van der Waals surface area contributed by atoms with Crippen LogP contribution < -0.4 is 37.9 Å². The molecule has 0 N–H and O–H groups in total. The average molecular weight is 1660 g/mol. The van der Waals surface area contributed by atoms with Crippen molar-refractivity contribution in [1.82, 2.24) is 39.2 Å². The number of ether oxygens (including phenoxy) is 8. The van der Waals surface area contributed by atoms with Gasteiger partial charge >= 0.3 is 0 Å². The van der Waals surface area contributed by atoms with Crippen LogP contribution in [-0.2, 0) is 38.4 Å². The van der Waals surface area contributed by atoms with Gasteiger partial charge in [0, 0.05) is 52.9 Å². The van der Waals surface area contributed by atoms with E-state index in [0.717, 1.165) is 35.1 Å². The van der Waals surface area contributed by atoms with E-state index in [4.69, 9.17) is 37.9 Å². The molecule has 4 aromatic carbocycles. The van der Waals surface area contributed by atoms with Crippen LogP contribution in [0, 0.1) is 67.0 Å². The van der Waals surface area contributed by atoms with Crippen molar-refractivity contribution in [2.75, 3.05) is 48.3 Å². The van der Waals surface area contributed by atoms with Crippen LogP contribution in [0.4, 0.5) is 0 Å². The Hall–Kier alpha value is -8.20. The van der Waals surface area contributed by atoms with Crippen LogP contribution in [0.25, 0.3) is 0 Å². The number of amides is 8. The van der Waals surface area contributed by atoms with Crippen molar-refractivity contribution in [2.45, 2.75) is 171 Å². The maximum Gasteiger partial charge on any atom is 0.261 e. The number of rotatable bonds is 5. The van der Waals surface area contributed by atoms with Gasteiger partial charge in [-0.2, -0.15) is 21.0 Å². The van der Waals surface area contributed by atoms with Gasteiger partial charge in [-0.15, -0.1) is 0 Å². The first-order valence-electron chi connectivity index (χ1n) is 35.4. The molecule has 21 aliphatic rings. The lowest BCUT2D eigenvalue weighted by Crippen LogP contribution is -2.75. The minimum absolute atomic E-state index is 0. The molecule has 20 aliphatic heterocycles. The predicted octanol–water partition coefficient (Wildman–Crippen LogP) is 11.2. The topological polar surface area (TPSA) is 331 Å². The molecule has 0 unspecified atom stereocenters. The lowest BCUT2D eigenvalue weighted by Gasteiger charge is -2.58. The highest BCUT2D eigenvalue weighted by molar-refractivity contribution is 8.79. The van der Waals surface area contributed by atoms with E-state index in [1.165, 1.54) is 101 Å². The molecule has 8 bridgehead atoms. The van der Waals surface area contributed by atoms with Gasteiger partial charge in [0.15, 0.2) is 85.0 Å². The lowest BCUT2D eigenvalue weighted by molar-refractivity contribution is -0.166. The monoisotopic (exact) mass is 1650 g/mol. The first kappa shape index (κ1) is 75.5. The van der Waals surface area contributed by atoms with Gasteiger partial charge in [0.25, 0.3) is 47.3 Å². The largest absolute Gasteiger partial charge is 0.454 e. The summed E-state index contributed by atoms with van der Waals surface area (Å²) < 4.78 is 43.6. The Kier molecular flexibility index (Phi) is 16.8. The fourth-order valence-corrected chi connectivity index (χ4v) is 33.0. The zero-order valence-corrected chi connectivity index (χ0v) is 67.6. The van der Waals surface area contributed by atoms with Gasteiger partial charge in [-0.3, -0.25) is 38.4 Å². The van der Waals surface area contributed by atoms with Crippen LogP contribution in [0.3, 0.4) is 0 Å². The average Bonchev–Trinajstić information content (AvgIpc) is 1.53. The molecule has 25 rings (SSSR count). The highest BCUT2D eigenvalue weighted by atomic mass is 33.1. The summed E-state index contributed by atoms with van der Waals surface area (Å²) in [6.07, 6.45) is 3.07. The Bertz CT molecular complexity index is 4740. The van der Waals surface area contributed by atoms with Gasteiger partial charge < -0.3 is 77.1 Å². The van der Waals surface area contributed by atoms with E-state index in [1.807, 2.05) is 94.1 Å². The predicted molar refractivity (Wildman–Crippen MR) is 412 cm³/mol. The number of carbonyl (C=O) groups is 8. The number of carbonyl (C=O) groups excluding carboxylic acids is 8. The summed E-state index contributed by atoms with van der Waals surface area (Å²) in [4.78, 5) is 113. The lowest BCUT2D eigenvalue weighted by atomic mass is 9.79. The second kappa shape index (κ2) is 24.7. The molecule has 0 radical (unpaired) electrons. The molecule has 1 saturated carbocycles. The minimum atomic E-state index is -1.06. The quantitative estimate of drug-likeness (QED) is 0.168. The Balaban J connectivity index is 0.000000107. The minimum Gasteiger partial charge on any atom is -0.454 e. The third-order valence-corrected chi connectivity index (χ3v) is 39.6. The highest BCUT2D eigenvalue weighted by Gasteiger charge is 2.80. The molecule has 1 aliphatic carbocycles. The number of hydrogen-bond donors (Lipinski definition) is 0. The van der Waals surface area contributed by atoms with Crippen molar-refractivity contribution in [3.8, 4) is 70.3 Å². The Morgan fingerprint density at radius 3 is 0.784 bits per heavy atom. The first-order chi connectivity index (χ1) is 52.1. The molecule has 16 atom stereocenters. The molecule has 20 heterocycles. The van der Waals surface area contributed by atoms with Gasteiger partial charge in [-0.05, 0) is 139 Å². The molecule has 16 saturated heterocycles. The van der Waals surface area contributed by atoms with Crippen LogP contribution in [0.15, 0.2) is 72.8 Å². The smallest absolute Gasteiger partial charge is 0.261 e. The maximum absolute atomic E-state index is 13.8. The summed E-state index contributed by atoms with van der Waals surface area (Å²) in [6, 6.07) is 29.6. The SMILES string of the molecule is C.CN1C(=O)[C@@]23C[C@](C)(C#N)[C@H](c4ccc5c(c4)OCO5)N2C(=O)[C@]1(C)SS3.CN1C(=O)[C@]23C[C@@](C)(C#N)[C@@H](c4ccc5c(c4)OCO5)N2C(=O)[C@@]1(C)SS3.CN1C(=O)[C@]23C[C@@](C)(C#N)[C@H](c4ccc5c(c4)OCO5)N2C(=O)[C@@]1(C)SS3.C[C@]1(C#N)C[C@@]23SS[C@@](C)(C(=O)N2[C@H]1c1ccc2c(c1)OCO2)N(C1CC1)C3=O. The number of benzene rings is 4. The van der Waals surface area contributed by atoms with Gasteiger partial charge in [0.1, 0.15) is 0 Å². The fraction of sp³-hybridized carbons (Fsp3) is 0.520. The number of piperazine rings is 4. The number of likely N-dealkylation sites (N-methyl/N-ethyl adjacent to an activating group) is 3. The van der Waals surface area contributed by atoms with Crippen LogP contribution in [0.2, 0.25) is 0 Å². The number of nitrogens with zero attached hydrogens (tertiary/aromatic N) is 12. The standard InChI is InChI=1S/C20H19N3O4S2.3C18H17N3O4S2.CH4/c1-18(9-21)8-20-17(25)22(12-4-5-12)19(2,28-29-20)16(24)23(20)15(18)11-3-6-13-14(7-11)27-10-26-13;3*1-16(8-19)7-18-15(23)20(3)17(2,26-27-18)14(22)21(18)13(16)10-4-5-11-12(6-10)25-9-24-11;/h3,6-7,12,15H,4-5,8,10H2,1-2H3;3*4-6,13H,7,9H2,1-3H3;1H4/t15-,18+,19-,20-;2*13-,16+,17-,18-;13-,16-,17+,18+;/m0100./s1. The Morgan fingerprint density at radius 1 is 0.315 bits per heavy atom. The Morgan fingerprint density at radius 2 is 0.541 bits per heavy atom. The van der Waals surface area contributed by atoms with Crippen molar-refractivity contribution in [3.63, 3.8) is 0 Å². The molecule has 0 aromatic heterocycles. The van der Waals surface area contributed by atoms with Crippen LogP contribution in [-0.4, -0.2) is 180 Å². The zero-order valence-electron chi connectivity index (χ0n) is 61.1. The fourth-order valence-electron chi connectivity index (χ4n) is 18.7. The molecule has 28 nitrogen and oxygen atoms in total. The molecule has 8 amide bonds. The van der Waals surface area contributed by atoms with Gasteiger partial charge in [0.05, 0.1) is 70.1 Å². The van der Waals surface area contributed by atoms with Gasteiger partial charge in [-0.1, -0.05) is 118 Å². The van der Waals surface area contributed by atoms with Crippen LogP contribution in [0.1, 0.15) is 148 Å². The Labute approximate surface area is 671 Å². The summed E-state index contributed by atoms with van der Waals surface area (Å²) in [5.74, 6) is 4.16. The van der Waals surface area contributed by atoms with Gasteiger partial charge in [0.2, 0.25) is 27.2 Å². The van der Waals surface area contributed by atoms with E-state index < -0.39 is 84.8 Å². The molecule has 578 valence electrons.